The van der Waals surface area contributed by atoms with E-state index in [9.17, 15) is 0 Å². The molecule has 118 valence electrons. The summed E-state index contributed by atoms with van der Waals surface area (Å²) in [5, 5.41) is 0. The highest BCUT2D eigenvalue weighted by Crippen LogP contribution is 2.32. The zero-order chi connectivity index (χ0) is 15.1. The molecule has 0 saturated heterocycles. The maximum atomic E-state index is 5.49. The van der Waals surface area contributed by atoms with Crippen LogP contribution >= 0.6 is 0 Å². The van der Waals surface area contributed by atoms with Crippen LogP contribution < -0.4 is 0 Å². The Hall–Kier alpha value is -0.920. The van der Waals surface area contributed by atoms with E-state index in [1.54, 1.807) is 12.5 Å². The van der Waals surface area contributed by atoms with Crippen LogP contribution in [0.25, 0.3) is 0 Å². The summed E-state index contributed by atoms with van der Waals surface area (Å²) in [6.45, 7) is 13.2. The SMILES string of the molecule is C=COCC(CCC)(CCCCCCCC)COC=C. The van der Waals surface area contributed by atoms with E-state index in [0.717, 1.165) is 19.3 Å². The minimum atomic E-state index is 0.113. The second kappa shape index (κ2) is 13.1. The third kappa shape index (κ3) is 9.06. The van der Waals surface area contributed by atoms with Gasteiger partial charge in [0, 0.05) is 5.41 Å². The van der Waals surface area contributed by atoms with Gasteiger partial charge in [-0.15, -0.1) is 0 Å². The minimum absolute atomic E-state index is 0.113. The lowest BCUT2D eigenvalue weighted by Crippen LogP contribution is -2.31. The van der Waals surface area contributed by atoms with Gasteiger partial charge in [0.1, 0.15) is 0 Å². The van der Waals surface area contributed by atoms with E-state index < -0.39 is 0 Å². The molecular formula is C18H34O2. The molecule has 0 aliphatic heterocycles. The quantitative estimate of drug-likeness (QED) is 0.277. The van der Waals surface area contributed by atoms with E-state index in [1.807, 2.05) is 0 Å². The molecule has 0 fully saturated rings. The molecule has 0 aliphatic carbocycles. The lowest BCUT2D eigenvalue weighted by Gasteiger charge is -2.32. The summed E-state index contributed by atoms with van der Waals surface area (Å²) in [6, 6.07) is 0. The Bertz CT molecular complexity index is 224. The third-order valence-corrected chi connectivity index (χ3v) is 3.86. The first-order valence-corrected chi connectivity index (χ1v) is 8.19. The Morgan fingerprint density at radius 1 is 0.750 bits per heavy atom. The molecule has 0 aliphatic rings. The first-order valence-electron chi connectivity index (χ1n) is 8.19. The number of ether oxygens (including phenoxy) is 2. The van der Waals surface area contributed by atoms with E-state index in [2.05, 4.69) is 27.0 Å². The molecule has 0 aromatic heterocycles. The molecule has 20 heavy (non-hydrogen) atoms. The average molecular weight is 282 g/mol. The van der Waals surface area contributed by atoms with Gasteiger partial charge in [-0.2, -0.15) is 0 Å². The molecule has 0 amide bonds. The third-order valence-electron chi connectivity index (χ3n) is 3.86. The Morgan fingerprint density at radius 3 is 1.80 bits per heavy atom. The normalized spacial score (nSPS) is 11.1. The van der Waals surface area contributed by atoms with Gasteiger partial charge in [0.25, 0.3) is 0 Å². The molecule has 0 rings (SSSR count). The molecular weight excluding hydrogens is 248 g/mol. The largest absolute Gasteiger partial charge is 0.501 e. The molecule has 0 N–H and O–H groups in total. The second-order valence-corrected chi connectivity index (χ2v) is 5.72. The first kappa shape index (κ1) is 19.1. The van der Waals surface area contributed by atoms with Crippen LogP contribution in [0.5, 0.6) is 0 Å². The molecule has 0 saturated carbocycles. The predicted octanol–water partition coefficient (Wildman–Crippen LogP) is 5.84. The van der Waals surface area contributed by atoms with Crippen LogP contribution in [0.1, 0.15) is 71.6 Å². The maximum Gasteiger partial charge on any atom is 0.0961 e. The fourth-order valence-corrected chi connectivity index (χ4v) is 2.74. The highest BCUT2D eigenvalue weighted by Gasteiger charge is 2.30. The summed E-state index contributed by atoms with van der Waals surface area (Å²) in [6.07, 6.45) is 14.5. The van der Waals surface area contributed by atoms with Gasteiger partial charge >= 0.3 is 0 Å². The topological polar surface area (TPSA) is 18.5 Å². The van der Waals surface area contributed by atoms with Gasteiger partial charge in [-0.1, -0.05) is 72.0 Å². The molecule has 0 bridgehead atoms. The van der Waals surface area contributed by atoms with Gasteiger partial charge in [-0.3, -0.25) is 0 Å². The summed E-state index contributed by atoms with van der Waals surface area (Å²) >= 11 is 0. The summed E-state index contributed by atoms with van der Waals surface area (Å²) in [4.78, 5) is 0. The van der Waals surface area contributed by atoms with E-state index in [-0.39, 0.29) is 5.41 Å². The van der Waals surface area contributed by atoms with Crippen LogP contribution in [0.2, 0.25) is 0 Å². The maximum absolute atomic E-state index is 5.49. The van der Waals surface area contributed by atoms with Crippen LogP contribution in [-0.2, 0) is 9.47 Å². The van der Waals surface area contributed by atoms with Gasteiger partial charge < -0.3 is 9.47 Å². The number of hydrogen-bond acceptors (Lipinski definition) is 2. The van der Waals surface area contributed by atoms with Crippen LogP contribution in [0.3, 0.4) is 0 Å². The summed E-state index contributed by atoms with van der Waals surface area (Å²) in [5.74, 6) is 0. The second-order valence-electron chi connectivity index (χ2n) is 5.72. The number of unbranched alkanes of at least 4 members (excludes halogenated alkanes) is 5. The van der Waals surface area contributed by atoms with Crippen LogP contribution in [0, 0.1) is 5.41 Å². The lowest BCUT2D eigenvalue weighted by atomic mass is 9.80. The highest BCUT2D eigenvalue weighted by atomic mass is 16.5. The van der Waals surface area contributed by atoms with Gasteiger partial charge in [0.05, 0.1) is 25.7 Å². The van der Waals surface area contributed by atoms with Crippen molar-refractivity contribution >= 4 is 0 Å². The molecule has 0 spiro atoms. The lowest BCUT2D eigenvalue weighted by molar-refractivity contribution is 0.0227. The van der Waals surface area contributed by atoms with Crippen molar-refractivity contribution in [2.45, 2.75) is 71.6 Å². The highest BCUT2D eigenvalue weighted by molar-refractivity contribution is 4.80. The van der Waals surface area contributed by atoms with E-state index in [1.165, 1.54) is 38.5 Å². The van der Waals surface area contributed by atoms with Crippen molar-refractivity contribution in [1.82, 2.24) is 0 Å². The number of hydrogen-bond donors (Lipinski definition) is 0. The van der Waals surface area contributed by atoms with Crippen LogP contribution in [0.4, 0.5) is 0 Å². The van der Waals surface area contributed by atoms with E-state index in [0.29, 0.717) is 13.2 Å². The summed E-state index contributed by atoms with van der Waals surface area (Å²) in [7, 11) is 0. The summed E-state index contributed by atoms with van der Waals surface area (Å²) < 4.78 is 11.0. The molecule has 0 radical (unpaired) electrons. The van der Waals surface area contributed by atoms with Crippen LogP contribution in [0.15, 0.2) is 25.7 Å². The van der Waals surface area contributed by atoms with E-state index in [4.69, 9.17) is 9.47 Å². The minimum Gasteiger partial charge on any atom is -0.501 e. The molecule has 0 unspecified atom stereocenters. The van der Waals surface area contributed by atoms with E-state index >= 15 is 0 Å². The van der Waals surface area contributed by atoms with Crippen molar-refractivity contribution in [1.29, 1.82) is 0 Å². The van der Waals surface area contributed by atoms with Gasteiger partial charge in [-0.25, -0.2) is 0 Å². The molecule has 0 aromatic rings. The van der Waals surface area contributed by atoms with Crippen LogP contribution in [-0.4, -0.2) is 13.2 Å². The van der Waals surface area contributed by atoms with Crippen molar-refractivity contribution in [3.8, 4) is 0 Å². The summed E-state index contributed by atoms with van der Waals surface area (Å²) in [5.41, 5.74) is 0.113. The Balaban J connectivity index is 4.23. The van der Waals surface area contributed by atoms with Gasteiger partial charge in [0.15, 0.2) is 0 Å². The smallest absolute Gasteiger partial charge is 0.0961 e. The fourth-order valence-electron chi connectivity index (χ4n) is 2.74. The Labute approximate surface area is 126 Å². The van der Waals surface area contributed by atoms with Crippen molar-refractivity contribution in [2.75, 3.05) is 13.2 Å². The first-order chi connectivity index (χ1) is 9.74. The van der Waals surface area contributed by atoms with Gasteiger partial charge in [0.2, 0.25) is 0 Å². The Morgan fingerprint density at radius 2 is 1.30 bits per heavy atom. The fraction of sp³-hybridized carbons (Fsp3) is 0.778. The van der Waals surface area contributed by atoms with Crippen molar-refractivity contribution in [3.63, 3.8) is 0 Å². The average Bonchev–Trinajstić information content (AvgIpc) is 2.46. The van der Waals surface area contributed by atoms with Gasteiger partial charge in [-0.05, 0) is 12.8 Å². The monoisotopic (exact) mass is 282 g/mol. The molecule has 2 heteroatoms. The zero-order valence-corrected chi connectivity index (χ0v) is 13.7. The molecule has 0 atom stereocenters. The Kier molecular flexibility index (Phi) is 12.5. The number of rotatable bonds is 15. The van der Waals surface area contributed by atoms with Crippen molar-refractivity contribution in [3.05, 3.63) is 25.7 Å². The molecule has 0 aromatic carbocycles. The predicted molar refractivity (Wildman–Crippen MR) is 87.6 cm³/mol. The standard InChI is InChI=1S/C18H34O2/c1-5-9-10-11-12-13-15-18(14-6-2,16-19-7-3)17-20-8-4/h7-8H,3-6,9-17H2,1-2H3. The zero-order valence-electron chi connectivity index (χ0n) is 13.7. The molecule has 0 heterocycles. The molecule has 2 nitrogen and oxygen atoms in total. The van der Waals surface area contributed by atoms with Crippen molar-refractivity contribution < 1.29 is 9.47 Å². The van der Waals surface area contributed by atoms with Crippen molar-refractivity contribution in [2.24, 2.45) is 5.41 Å².